The summed E-state index contributed by atoms with van der Waals surface area (Å²) >= 11 is 0. The number of benzene rings is 2. The second-order valence-electron chi connectivity index (χ2n) is 8.10. The molecule has 1 heterocycles. The van der Waals surface area contributed by atoms with Crippen molar-refractivity contribution in [2.45, 2.75) is 37.2 Å². The van der Waals surface area contributed by atoms with Crippen molar-refractivity contribution in [1.29, 1.82) is 0 Å². The van der Waals surface area contributed by atoms with Crippen LogP contribution in [-0.4, -0.2) is 43.8 Å². The molecular formula is C24H25FN2O6. The van der Waals surface area contributed by atoms with Crippen LogP contribution in [0.5, 0.6) is 11.5 Å². The van der Waals surface area contributed by atoms with Crippen LogP contribution in [0, 0.1) is 5.82 Å². The number of nitrogens with one attached hydrogen (secondary N) is 2. The van der Waals surface area contributed by atoms with Crippen LogP contribution in [-0.2, 0) is 19.7 Å². The summed E-state index contributed by atoms with van der Waals surface area (Å²) in [4.78, 5) is 37.0. The van der Waals surface area contributed by atoms with E-state index < -0.39 is 41.9 Å². The SMILES string of the molecule is O=C(COC(=O)C1(c2ccccc2F)CCCC1)NC(=O)NCC1COc2ccccc2O1. The van der Waals surface area contributed by atoms with Gasteiger partial charge in [-0.3, -0.25) is 14.9 Å². The number of carbonyl (C=O) groups excluding carboxylic acids is 3. The van der Waals surface area contributed by atoms with E-state index in [2.05, 4.69) is 10.6 Å². The number of hydrogen-bond donors (Lipinski definition) is 2. The molecule has 33 heavy (non-hydrogen) atoms. The van der Waals surface area contributed by atoms with Crippen LogP contribution in [0.2, 0.25) is 0 Å². The van der Waals surface area contributed by atoms with Crippen molar-refractivity contribution in [3.8, 4) is 11.5 Å². The predicted molar refractivity (Wildman–Crippen MR) is 115 cm³/mol. The van der Waals surface area contributed by atoms with Gasteiger partial charge in [0.1, 0.15) is 12.4 Å². The van der Waals surface area contributed by atoms with Gasteiger partial charge >= 0.3 is 12.0 Å². The zero-order valence-electron chi connectivity index (χ0n) is 18.0. The Hall–Kier alpha value is -3.62. The average molecular weight is 456 g/mol. The van der Waals surface area contributed by atoms with Gasteiger partial charge in [0.25, 0.3) is 5.91 Å². The molecule has 3 amide bonds. The van der Waals surface area contributed by atoms with Crippen LogP contribution in [0.15, 0.2) is 48.5 Å². The number of urea groups is 1. The standard InChI is InChI=1S/C24H25FN2O6/c25-18-8-2-1-7-17(18)24(11-5-6-12-24)22(29)32-15-21(28)27-23(30)26-13-16-14-31-19-9-3-4-10-20(19)33-16/h1-4,7-10,16H,5-6,11-15H2,(H2,26,27,28,30). The molecule has 2 aromatic rings. The molecule has 2 aliphatic rings. The number of amides is 3. The van der Waals surface area contributed by atoms with E-state index in [0.717, 1.165) is 12.8 Å². The summed E-state index contributed by atoms with van der Waals surface area (Å²) in [5, 5.41) is 4.64. The number of esters is 1. The third-order valence-electron chi connectivity index (χ3n) is 5.88. The number of para-hydroxylation sites is 2. The first kappa shape index (κ1) is 22.6. The van der Waals surface area contributed by atoms with Gasteiger partial charge in [-0.25, -0.2) is 9.18 Å². The Balaban J connectivity index is 1.24. The van der Waals surface area contributed by atoms with Crippen LogP contribution in [0.4, 0.5) is 9.18 Å². The lowest BCUT2D eigenvalue weighted by molar-refractivity contribution is -0.154. The van der Waals surface area contributed by atoms with E-state index in [1.54, 1.807) is 30.3 Å². The summed E-state index contributed by atoms with van der Waals surface area (Å²) in [7, 11) is 0. The fraction of sp³-hybridized carbons (Fsp3) is 0.375. The summed E-state index contributed by atoms with van der Waals surface area (Å²) in [6, 6.07) is 12.5. The molecule has 1 fully saturated rings. The number of carbonyl (C=O) groups is 3. The topological polar surface area (TPSA) is 103 Å². The highest BCUT2D eigenvalue weighted by atomic mass is 19.1. The third-order valence-corrected chi connectivity index (χ3v) is 5.88. The third kappa shape index (κ3) is 5.08. The Bertz CT molecular complexity index is 1040. The molecule has 1 unspecified atom stereocenters. The molecule has 2 aromatic carbocycles. The zero-order chi connectivity index (χ0) is 23.3. The first-order valence-corrected chi connectivity index (χ1v) is 10.9. The van der Waals surface area contributed by atoms with E-state index in [4.69, 9.17) is 14.2 Å². The Kier molecular flexibility index (Phi) is 6.76. The average Bonchev–Trinajstić information content (AvgIpc) is 3.32. The molecule has 9 heteroatoms. The van der Waals surface area contributed by atoms with Gasteiger partial charge in [-0.15, -0.1) is 0 Å². The van der Waals surface area contributed by atoms with Crippen LogP contribution < -0.4 is 20.1 Å². The minimum Gasteiger partial charge on any atom is -0.486 e. The lowest BCUT2D eigenvalue weighted by Crippen LogP contribution is -2.47. The Morgan fingerprint density at radius 3 is 2.48 bits per heavy atom. The van der Waals surface area contributed by atoms with E-state index in [0.29, 0.717) is 24.3 Å². The van der Waals surface area contributed by atoms with Crippen LogP contribution in [0.25, 0.3) is 0 Å². The highest BCUT2D eigenvalue weighted by molar-refractivity contribution is 5.96. The van der Waals surface area contributed by atoms with E-state index in [1.807, 2.05) is 12.1 Å². The van der Waals surface area contributed by atoms with Crippen LogP contribution >= 0.6 is 0 Å². The number of fused-ring (bicyclic) bond motifs is 1. The number of rotatable bonds is 6. The van der Waals surface area contributed by atoms with Gasteiger partial charge in [0, 0.05) is 5.56 Å². The molecule has 0 saturated heterocycles. The van der Waals surface area contributed by atoms with E-state index >= 15 is 0 Å². The van der Waals surface area contributed by atoms with Crippen molar-refractivity contribution in [1.82, 2.24) is 10.6 Å². The highest BCUT2D eigenvalue weighted by Crippen LogP contribution is 2.43. The Labute approximate surface area is 190 Å². The molecule has 1 aliphatic carbocycles. The van der Waals surface area contributed by atoms with Gasteiger partial charge < -0.3 is 19.5 Å². The van der Waals surface area contributed by atoms with Gasteiger partial charge in [-0.2, -0.15) is 0 Å². The molecule has 8 nitrogen and oxygen atoms in total. The maximum atomic E-state index is 14.4. The Morgan fingerprint density at radius 1 is 1.03 bits per heavy atom. The minimum atomic E-state index is -1.11. The monoisotopic (exact) mass is 456 g/mol. The Morgan fingerprint density at radius 2 is 1.73 bits per heavy atom. The van der Waals surface area contributed by atoms with E-state index in [-0.39, 0.29) is 18.7 Å². The zero-order valence-corrected chi connectivity index (χ0v) is 18.0. The van der Waals surface area contributed by atoms with Gasteiger partial charge in [0.15, 0.2) is 24.2 Å². The summed E-state index contributed by atoms with van der Waals surface area (Å²) in [5.41, 5.74) is -0.829. The van der Waals surface area contributed by atoms with Crippen molar-refractivity contribution < 1.29 is 33.0 Å². The van der Waals surface area contributed by atoms with Crippen molar-refractivity contribution in [2.75, 3.05) is 19.8 Å². The fourth-order valence-corrected chi connectivity index (χ4v) is 4.26. The first-order valence-electron chi connectivity index (χ1n) is 10.9. The molecular weight excluding hydrogens is 431 g/mol. The van der Waals surface area contributed by atoms with Gasteiger partial charge in [-0.1, -0.05) is 43.2 Å². The summed E-state index contributed by atoms with van der Waals surface area (Å²) in [5.74, 6) is -0.710. The largest absolute Gasteiger partial charge is 0.486 e. The minimum absolute atomic E-state index is 0.115. The smallest absolute Gasteiger partial charge is 0.321 e. The van der Waals surface area contributed by atoms with Crippen LogP contribution in [0.3, 0.4) is 0 Å². The van der Waals surface area contributed by atoms with Gasteiger partial charge in [0.2, 0.25) is 0 Å². The van der Waals surface area contributed by atoms with Gasteiger partial charge in [0.05, 0.1) is 12.0 Å². The van der Waals surface area contributed by atoms with Crippen molar-refractivity contribution >= 4 is 17.9 Å². The number of imide groups is 1. The number of halogens is 1. The molecule has 0 spiro atoms. The maximum Gasteiger partial charge on any atom is 0.321 e. The molecule has 0 bridgehead atoms. The number of hydrogen-bond acceptors (Lipinski definition) is 6. The van der Waals surface area contributed by atoms with Crippen molar-refractivity contribution in [3.63, 3.8) is 0 Å². The first-order chi connectivity index (χ1) is 16.0. The molecule has 4 rings (SSSR count). The fourth-order valence-electron chi connectivity index (χ4n) is 4.26. The molecule has 0 radical (unpaired) electrons. The van der Waals surface area contributed by atoms with Gasteiger partial charge in [-0.05, 0) is 31.0 Å². The number of ether oxygens (including phenoxy) is 3. The maximum absolute atomic E-state index is 14.4. The van der Waals surface area contributed by atoms with Crippen molar-refractivity contribution in [2.24, 2.45) is 0 Å². The van der Waals surface area contributed by atoms with E-state index in [9.17, 15) is 18.8 Å². The summed E-state index contributed by atoms with van der Waals surface area (Å²) in [6.07, 6.45) is 2.00. The van der Waals surface area contributed by atoms with E-state index in [1.165, 1.54) is 6.07 Å². The normalized spacial score (nSPS) is 18.3. The molecule has 2 N–H and O–H groups in total. The molecule has 1 atom stereocenters. The molecule has 0 aromatic heterocycles. The second-order valence-corrected chi connectivity index (χ2v) is 8.10. The summed E-state index contributed by atoms with van der Waals surface area (Å²) in [6.45, 7) is -0.274. The molecule has 1 saturated carbocycles. The lowest BCUT2D eigenvalue weighted by atomic mass is 9.78. The molecule has 174 valence electrons. The highest BCUT2D eigenvalue weighted by Gasteiger charge is 2.46. The predicted octanol–water partition coefficient (Wildman–Crippen LogP) is 2.85. The quantitative estimate of drug-likeness (QED) is 0.648. The lowest BCUT2D eigenvalue weighted by Gasteiger charge is -2.27. The summed E-state index contributed by atoms with van der Waals surface area (Å²) < 4.78 is 30.9. The van der Waals surface area contributed by atoms with Crippen molar-refractivity contribution in [3.05, 3.63) is 59.9 Å². The van der Waals surface area contributed by atoms with Crippen LogP contribution in [0.1, 0.15) is 31.2 Å². The second kappa shape index (κ2) is 9.89. The molecule has 1 aliphatic heterocycles.